The lowest BCUT2D eigenvalue weighted by Crippen LogP contribution is -2.48. The van der Waals surface area contributed by atoms with Crippen molar-refractivity contribution in [3.63, 3.8) is 0 Å². The van der Waals surface area contributed by atoms with Gasteiger partial charge in [0.2, 0.25) is 0 Å². The minimum absolute atomic E-state index is 0.127. The van der Waals surface area contributed by atoms with Gasteiger partial charge in [-0.1, -0.05) is 53.2 Å². The van der Waals surface area contributed by atoms with Crippen LogP contribution in [0.25, 0.3) is 5.57 Å². The molecule has 0 bridgehead atoms. The van der Waals surface area contributed by atoms with Crippen molar-refractivity contribution in [3.05, 3.63) is 93.7 Å². The van der Waals surface area contributed by atoms with Crippen molar-refractivity contribution in [3.8, 4) is 0 Å². The number of anilines is 2. The van der Waals surface area contributed by atoms with Gasteiger partial charge >= 0.3 is 0 Å². The largest absolute Gasteiger partial charge is 0.506 e. The maximum Gasteiger partial charge on any atom is 0.262 e. The quantitative estimate of drug-likeness (QED) is 0.297. The molecule has 2 aliphatic rings. The number of nitrogens with two attached hydrogens (primary N) is 1. The molecule has 0 spiro atoms. The van der Waals surface area contributed by atoms with Crippen LogP contribution in [0.2, 0.25) is 10.0 Å². The number of carbonyl (C=O) groups is 1. The van der Waals surface area contributed by atoms with E-state index in [4.69, 9.17) is 28.9 Å². The highest BCUT2D eigenvalue weighted by atomic mass is 35.5. The molecule has 3 heterocycles. The standard InChI is InChI=1S/C30H28Cl2N6O3S/c1-30(33)9-11-38(12-10-30)24-14-35-25(15-34-24)42-23-8-4-7-21(27(23)32)36-29(41)26-22(17-39)37(2)16-20(28(26)40)18-5-3-6-19(31)13-18/h3-8,13-16,40H,9-12,33H2,1-2H3,(H,36,41). The molecule has 1 saturated heterocycles. The van der Waals surface area contributed by atoms with Gasteiger partial charge in [0.25, 0.3) is 5.91 Å². The molecule has 4 N–H and O–H groups in total. The summed E-state index contributed by atoms with van der Waals surface area (Å²) in [6, 6.07) is 12.0. The van der Waals surface area contributed by atoms with Crippen LogP contribution in [-0.4, -0.2) is 57.5 Å². The maximum absolute atomic E-state index is 13.5. The first-order valence-electron chi connectivity index (χ1n) is 13.1. The number of carbonyl (C=O) groups excluding carboxylic acids is 2. The van der Waals surface area contributed by atoms with Crippen molar-refractivity contribution in [2.24, 2.45) is 5.73 Å². The van der Waals surface area contributed by atoms with E-state index in [1.165, 1.54) is 22.9 Å². The first-order chi connectivity index (χ1) is 20.1. The summed E-state index contributed by atoms with van der Waals surface area (Å²) in [4.78, 5) is 38.7. The molecule has 1 amide bonds. The molecule has 9 nitrogen and oxygen atoms in total. The Bertz CT molecular complexity index is 1640. The van der Waals surface area contributed by atoms with Gasteiger partial charge < -0.3 is 26.0 Å². The Morgan fingerprint density at radius 2 is 1.88 bits per heavy atom. The summed E-state index contributed by atoms with van der Waals surface area (Å²) < 4.78 is 0. The zero-order valence-corrected chi connectivity index (χ0v) is 25.2. The minimum Gasteiger partial charge on any atom is -0.506 e. The van der Waals surface area contributed by atoms with Crippen molar-refractivity contribution >= 4 is 63.9 Å². The zero-order chi connectivity index (χ0) is 30.0. The molecule has 0 radical (unpaired) electrons. The van der Waals surface area contributed by atoms with Gasteiger partial charge in [-0.05, 0) is 49.6 Å². The lowest BCUT2D eigenvalue weighted by Gasteiger charge is -2.37. The number of benzene rings is 2. The van der Waals surface area contributed by atoms with Gasteiger partial charge in [0.05, 0.1) is 23.1 Å². The molecule has 12 heteroatoms. The summed E-state index contributed by atoms with van der Waals surface area (Å²) in [6.45, 7) is 3.71. The fourth-order valence-corrected chi connectivity index (χ4v) is 5.97. The topological polar surface area (TPSA) is 125 Å². The number of nitrogens with one attached hydrogen (secondary N) is 1. The van der Waals surface area contributed by atoms with E-state index < -0.39 is 5.91 Å². The summed E-state index contributed by atoms with van der Waals surface area (Å²) >= 11 is 14.1. The molecule has 1 aromatic heterocycles. The highest BCUT2D eigenvalue weighted by Crippen LogP contribution is 2.38. The lowest BCUT2D eigenvalue weighted by molar-refractivity contribution is -0.112. The van der Waals surface area contributed by atoms with E-state index >= 15 is 0 Å². The highest BCUT2D eigenvalue weighted by molar-refractivity contribution is 7.99. The Kier molecular flexibility index (Phi) is 8.63. The van der Waals surface area contributed by atoms with E-state index in [0.29, 0.717) is 31.8 Å². The summed E-state index contributed by atoms with van der Waals surface area (Å²) in [7, 11) is 1.58. The normalized spacial score (nSPS) is 16.7. The predicted molar refractivity (Wildman–Crippen MR) is 166 cm³/mol. The Morgan fingerprint density at radius 3 is 2.55 bits per heavy atom. The molecule has 0 atom stereocenters. The molecule has 5 rings (SSSR count). The van der Waals surface area contributed by atoms with Crippen LogP contribution in [-0.2, 0) is 9.59 Å². The SMILES string of the molecule is CN1C=C(c2cccc(Cl)c2)C(O)=C(C(=O)Nc2cccc(Sc3cnc(N4CCC(C)(N)CC4)cn3)c2Cl)C1=C=O. The second kappa shape index (κ2) is 12.2. The van der Waals surface area contributed by atoms with Crippen molar-refractivity contribution in [1.82, 2.24) is 14.9 Å². The van der Waals surface area contributed by atoms with Gasteiger partial charge in [0, 0.05) is 47.4 Å². The first-order valence-corrected chi connectivity index (χ1v) is 14.7. The van der Waals surface area contributed by atoms with Crippen LogP contribution in [0.15, 0.2) is 88.0 Å². The number of piperidine rings is 1. The number of aliphatic hydroxyl groups is 1. The highest BCUT2D eigenvalue weighted by Gasteiger charge is 2.31. The summed E-state index contributed by atoms with van der Waals surface area (Å²) in [6.07, 6.45) is 6.71. The number of allylic oxidation sites excluding steroid dienone is 1. The van der Waals surface area contributed by atoms with E-state index in [-0.39, 0.29) is 27.6 Å². The van der Waals surface area contributed by atoms with Crippen molar-refractivity contribution < 1.29 is 14.7 Å². The molecular formula is C30H28Cl2N6O3S. The Balaban J connectivity index is 1.35. The number of aliphatic hydroxyl groups excluding tert-OH is 1. The van der Waals surface area contributed by atoms with Crippen LogP contribution in [0.3, 0.4) is 0 Å². The smallest absolute Gasteiger partial charge is 0.262 e. The first kappa shape index (κ1) is 29.7. The number of rotatable bonds is 6. The van der Waals surface area contributed by atoms with Crippen LogP contribution >= 0.6 is 35.0 Å². The number of hydrogen-bond acceptors (Lipinski definition) is 9. The summed E-state index contributed by atoms with van der Waals surface area (Å²) in [5, 5.41) is 15.2. The molecule has 216 valence electrons. The van der Waals surface area contributed by atoms with Crippen LogP contribution in [0, 0.1) is 0 Å². The van der Waals surface area contributed by atoms with Gasteiger partial charge in [0.1, 0.15) is 27.9 Å². The van der Waals surface area contributed by atoms with Gasteiger partial charge in [0.15, 0.2) is 5.94 Å². The third kappa shape index (κ3) is 6.33. The van der Waals surface area contributed by atoms with Gasteiger partial charge in [-0.3, -0.25) is 4.79 Å². The molecule has 1 fully saturated rings. The number of hydrogen-bond donors (Lipinski definition) is 3. The third-order valence-corrected chi connectivity index (χ3v) is 8.87. The number of aromatic nitrogens is 2. The van der Waals surface area contributed by atoms with E-state index in [1.807, 2.05) is 0 Å². The number of nitrogens with zero attached hydrogens (tertiary/aromatic N) is 4. The second-order valence-electron chi connectivity index (χ2n) is 10.4. The average Bonchev–Trinajstić information content (AvgIpc) is 2.96. The maximum atomic E-state index is 13.5. The Morgan fingerprint density at radius 1 is 1.14 bits per heavy atom. The van der Waals surface area contributed by atoms with Crippen molar-refractivity contribution in [1.29, 1.82) is 0 Å². The fraction of sp³-hybridized carbons (Fsp3) is 0.233. The lowest BCUT2D eigenvalue weighted by atomic mass is 9.91. The molecule has 0 aliphatic carbocycles. The minimum atomic E-state index is -0.728. The monoisotopic (exact) mass is 622 g/mol. The van der Waals surface area contributed by atoms with Crippen LogP contribution in [0.1, 0.15) is 25.3 Å². The number of halogens is 2. The van der Waals surface area contributed by atoms with E-state index in [1.54, 1.807) is 67.8 Å². The summed E-state index contributed by atoms with van der Waals surface area (Å²) in [5.74, 6) is 1.44. The average molecular weight is 624 g/mol. The van der Waals surface area contributed by atoms with Gasteiger partial charge in [-0.15, -0.1) is 0 Å². The Labute approximate surface area is 257 Å². The third-order valence-electron chi connectivity index (χ3n) is 7.13. The molecule has 2 aliphatic heterocycles. The molecule has 42 heavy (non-hydrogen) atoms. The van der Waals surface area contributed by atoms with Crippen LogP contribution < -0.4 is 16.0 Å². The predicted octanol–water partition coefficient (Wildman–Crippen LogP) is 5.70. The van der Waals surface area contributed by atoms with Crippen molar-refractivity contribution in [2.45, 2.75) is 35.2 Å². The number of likely N-dealkylation sites (N-methyl/N-ethyl adjacent to an activating group) is 1. The summed E-state index contributed by atoms with van der Waals surface area (Å²) in [5.41, 5.74) is 6.91. The number of amides is 1. The molecule has 0 saturated carbocycles. The zero-order valence-electron chi connectivity index (χ0n) is 22.9. The Hall–Kier alpha value is -3.79. The molecule has 2 aromatic carbocycles. The van der Waals surface area contributed by atoms with E-state index in [0.717, 1.165) is 31.7 Å². The van der Waals surface area contributed by atoms with E-state index in [9.17, 15) is 14.7 Å². The van der Waals surface area contributed by atoms with E-state index in [2.05, 4.69) is 27.1 Å². The fourth-order valence-electron chi connectivity index (χ4n) is 4.70. The van der Waals surface area contributed by atoms with Gasteiger partial charge in [-0.2, -0.15) is 0 Å². The van der Waals surface area contributed by atoms with Crippen LogP contribution in [0.4, 0.5) is 11.5 Å². The van der Waals surface area contributed by atoms with Crippen molar-refractivity contribution in [2.75, 3.05) is 30.4 Å². The molecule has 3 aromatic rings. The van der Waals surface area contributed by atoms with Gasteiger partial charge in [-0.25, -0.2) is 14.8 Å². The molecular weight excluding hydrogens is 595 g/mol. The van der Waals surface area contributed by atoms with Crippen LogP contribution in [0.5, 0.6) is 0 Å². The molecule has 0 unspecified atom stereocenters. The second-order valence-corrected chi connectivity index (χ2v) is 12.2.